The van der Waals surface area contributed by atoms with Gasteiger partial charge in [0.25, 0.3) is 0 Å². The molecule has 1 heterocycles. The Hall–Kier alpha value is -1.51. The number of nitrogen functional groups attached to an aromatic ring is 1. The molecule has 0 radical (unpaired) electrons. The normalized spacial score (nSPS) is 20.4. The van der Waals surface area contributed by atoms with Gasteiger partial charge in [-0.25, -0.2) is 0 Å². The first-order chi connectivity index (χ1) is 8.08. The van der Waals surface area contributed by atoms with E-state index < -0.39 is 0 Å². The minimum Gasteiger partial charge on any atom is -0.398 e. The largest absolute Gasteiger partial charge is 0.398 e. The molecule has 1 fully saturated rings. The molecule has 2 rings (SSSR count). The smallest absolute Gasteiger partial charge is 0.220 e. The Bertz CT molecular complexity index is 426. The third kappa shape index (κ3) is 2.60. The lowest BCUT2D eigenvalue weighted by Gasteiger charge is -2.23. The Morgan fingerprint density at radius 1 is 1.41 bits per heavy atom. The van der Waals surface area contributed by atoms with E-state index in [9.17, 15) is 4.79 Å². The summed E-state index contributed by atoms with van der Waals surface area (Å²) < 4.78 is 0. The number of benzene rings is 1. The van der Waals surface area contributed by atoms with Crippen LogP contribution in [0.25, 0.3) is 0 Å². The molecule has 1 aromatic carbocycles. The molecule has 0 bridgehead atoms. The van der Waals surface area contributed by atoms with E-state index in [1.807, 2.05) is 6.07 Å². The highest BCUT2D eigenvalue weighted by Gasteiger charge is 2.21. The Morgan fingerprint density at radius 3 is 2.82 bits per heavy atom. The maximum absolute atomic E-state index is 11.4. The van der Waals surface area contributed by atoms with Crippen LogP contribution in [0.1, 0.15) is 49.7 Å². The van der Waals surface area contributed by atoms with Gasteiger partial charge in [-0.1, -0.05) is 26.0 Å². The summed E-state index contributed by atoms with van der Waals surface area (Å²) in [6.45, 7) is 5.07. The summed E-state index contributed by atoms with van der Waals surface area (Å²) in [6, 6.07) is 6.20. The van der Waals surface area contributed by atoms with Crippen molar-refractivity contribution in [3.63, 3.8) is 0 Å². The molecular weight excluding hydrogens is 212 g/mol. The summed E-state index contributed by atoms with van der Waals surface area (Å²) in [5.74, 6) is 0.929. The van der Waals surface area contributed by atoms with Gasteiger partial charge in [0.2, 0.25) is 5.91 Å². The second-order valence-electron chi connectivity index (χ2n) is 5.08. The molecule has 92 valence electrons. The van der Waals surface area contributed by atoms with Crippen LogP contribution in [0, 0.1) is 0 Å². The number of hydrogen-bond acceptors (Lipinski definition) is 2. The molecule has 1 atom stereocenters. The molecule has 1 aromatic rings. The monoisotopic (exact) mass is 232 g/mol. The van der Waals surface area contributed by atoms with Crippen molar-refractivity contribution in [1.29, 1.82) is 0 Å². The third-order valence-electron chi connectivity index (χ3n) is 3.45. The molecule has 1 amide bonds. The summed E-state index contributed by atoms with van der Waals surface area (Å²) in [5.41, 5.74) is 9.26. The van der Waals surface area contributed by atoms with Crippen LogP contribution in [0.15, 0.2) is 18.2 Å². The Kier molecular flexibility index (Phi) is 3.36. The molecule has 0 saturated carbocycles. The minimum absolute atomic E-state index is 0.157. The highest BCUT2D eigenvalue weighted by molar-refractivity contribution is 5.77. The van der Waals surface area contributed by atoms with Crippen LogP contribution in [0.5, 0.6) is 0 Å². The predicted octanol–water partition coefficient (Wildman–Crippen LogP) is 2.39. The number of carbonyl (C=O) groups is 1. The van der Waals surface area contributed by atoms with Gasteiger partial charge in [0, 0.05) is 18.7 Å². The van der Waals surface area contributed by atoms with Gasteiger partial charge < -0.3 is 11.1 Å². The molecule has 3 nitrogen and oxygen atoms in total. The van der Waals surface area contributed by atoms with Crippen LogP contribution in [0.4, 0.5) is 5.69 Å². The van der Waals surface area contributed by atoms with Crippen molar-refractivity contribution < 1.29 is 4.79 Å². The summed E-state index contributed by atoms with van der Waals surface area (Å²) in [7, 11) is 0. The summed E-state index contributed by atoms with van der Waals surface area (Å²) in [4.78, 5) is 11.4. The molecule has 17 heavy (non-hydrogen) atoms. The van der Waals surface area contributed by atoms with Crippen LogP contribution < -0.4 is 11.1 Å². The molecule has 1 aliphatic rings. The lowest BCUT2D eigenvalue weighted by atomic mass is 9.87. The fourth-order valence-electron chi connectivity index (χ4n) is 2.42. The van der Waals surface area contributed by atoms with Gasteiger partial charge in [-0.15, -0.1) is 0 Å². The number of nitrogens with two attached hydrogens (primary N) is 1. The number of piperidine rings is 1. The third-order valence-corrected chi connectivity index (χ3v) is 3.45. The number of rotatable bonds is 2. The van der Waals surface area contributed by atoms with E-state index in [1.54, 1.807) is 0 Å². The fourth-order valence-corrected chi connectivity index (χ4v) is 2.42. The maximum atomic E-state index is 11.4. The van der Waals surface area contributed by atoms with E-state index in [0.29, 0.717) is 18.3 Å². The highest BCUT2D eigenvalue weighted by atomic mass is 16.1. The maximum Gasteiger partial charge on any atom is 0.220 e. The first-order valence-corrected chi connectivity index (χ1v) is 6.24. The SMILES string of the molecule is CC(C)c1cc(C2CCNC(=O)C2)ccc1N. The van der Waals surface area contributed by atoms with Gasteiger partial charge in [0.05, 0.1) is 0 Å². The number of anilines is 1. The zero-order valence-corrected chi connectivity index (χ0v) is 10.5. The lowest BCUT2D eigenvalue weighted by molar-refractivity contribution is -0.122. The molecular formula is C14H20N2O. The molecule has 0 aliphatic carbocycles. The molecule has 3 N–H and O–H groups in total. The van der Waals surface area contributed by atoms with E-state index in [1.165, 1.54) is 11.1 Å². The second kappa shape index (κ2) is 4.78. The second-order valence-corrected chi connectivity index (χ2v) is 5.08. The summed E-state index contributed by atoms with van der Waals surface area (Å²) >= 11 is 0. The van der Waals surface area contributed by atoms with E-state index in [2.05, 4.69) is 31.3 Å². The van der Waals surface area contributed by atoms with Gasteiger partial charge in [-0.05, 0) is 35.4 Å². The summed E-state index contributed by atoms with van der Waals surface area (Å²) in [6.07, 6.45) is 1.62. The number of carbonyl (C=O) groups excluding carboxylic acids is 1. The van der Waals surface area contributed by atoms with Gasteiger partial charge in [0.15, 0.2) is 0 Å². The van der Waals surface area contributed by atoms with Gasteiger partial charge in [0.1, 0.15) is 0 Å². The van der Waals surface area contributed by atoms with Crippen molar-refractivity contribution >= 4 is 11.6 Å². The molecule has 0 spiro atoms. The van der Waals surface area contributed by atoms with Crippen molar-refractivity contribution in [3.05, 3.63) is 29.3 Å². The van der Waals surface area contributed by atoms with Crippen LogP contribution in [-0.4, -0.2) is 12.5 Å². The van der Waals surface area contributed by atoms with Gasteiger partial charge >= 0.3 is 0 Å². The van der Waals surface area contributed by atoms with Crippen molar-refractivity contribution in [2.75, 3.05) is 12.3 Å². The average Bonchev–Trinajstić information content (AvgIpc) is 2.29. The highest BCUT2D eigenvalue weighted by Crippen LogP contribution is 2.30. The standard InChI is InChI=1S/C14H20N2O/c1-9(2)12-7-10(3-4-13(12)15)11-5-6-16-14(17)8-11/h3-4,7,9,11H,5-6,8,15H2,1-2H3,(H,16,17). The summed E-state index contributed by atoms with van der Waals surface area (Å²) in [5, 5.41) is 2.87. The fraction of sp³-hybridized carbons (Fsp3) is 0.500. The zero-order chi connectivity index (χ0) is 12.4. The Morgan fingerprint density at radius 2 is 2.18 bits per heavy atom. The van der Waals surface area contributed by atoms with Gasteiger partial charge in [-0.3, -0.25) is 4.79 Å². The van der Waals surface area contributed by atoms with Gasteiger partial charge in [-0.2, -0.15) is 0 Å². The number of amides is 1. The lowest BCUT2D eigenvalue weighted by Crippen LogP contribution is -2.32. The van der Waals surface area contributed by atoms with Crippen molar-refractivity contribution in [1.82, 2.24) is 5.32 Å². The molecule has 1 aliphatic heterocycles. The molecule has 1 unspecified atom stereocenters. The Labute approximate surface area is 102 Å². The first-order valence-electron chi connectivity index (χ1n) is 6.24. The van der Waals surface area contributed by atoms with Crippen LogP contribution in [0.3, 0.4) is 0 Å². The van der Waals surface area contributed by atoms with E-state index in [4.69, 9.17) is 5.73 Å². The molecule has 1 saturated heterocycles. The van der Waals surface area contributed by atoms with Crippen molar-refractivity contribution in [2.24, 2.45) is 0 Å². The van der Waals surface area contributed by atoms with Crippen molar-refractivity contribution in [2.45, 2.75) is 38.5 Å². The van der Waals surface area contributed by atoms with Crippen molar-refractivity contribution in [3.8, 4) is 0 Å². The topological polar surface area (TPSA) is 55.1 Å². The zero-order valence-electron chi connectivity index (χ0n) is 10.5. The minimum atomic E-state index is 0.157. The van der Waals surface area contributed by atoms with Crippen LogP contribution in [0.2, 0.25) is 0 Å². The van der Waals surface area contributed by atoms with E-state index >= 15 is 0 Å². The van der Waals surface area contributed by atoms with E-state index in [0.717, 1.165) is 18.7 Å². The average molecular weight is 232 g/mol. The number of hydrogen-bond donors (Lipinski definition) is 2. The quantitative estimate of drug-likeness (QED) is 0.769. The number of nitrogens with one attached hydrogen (secondary N) is 1. The predicted molar refractivity (Wildman–Crippen MR) is 69.9 cm³/mol. The van der Waals surface area contributed by atoms with E-state index in [-0.39, 0.29) is 5.91 Å². The Balaban J connectivity index is 2.26. The van der Waals surface area contributed by atoms with Crippen LogP contribution >= 0.6 is 0 Å². The molecule has 3 heteroatoms. The molecule has 0 aromatic heterocycles. The first kappa shape index (κ1) is 12.0. The van der Waals surface area contributed by atoms with Crippen LogP contribution in [-0.2, 0) is 4.79 Å².